The molecule has 6 nitrogen and oxygen atoms in total. The van der Waals surface area contributed by atoms with Crippen molar-refractivity contribution in [2.75, 3.05) is 19.7 Å². The summed E-state index contributed by atoms with van der Waals surface area (Å²) in [6, 6.07) is 10.3. The van der Waals surface area contributed by atoms with Crippen LogP contribution in [0.15, 0.2) is 47.1 Å². The van der Waals surface area contributed by atoms with E-state index in [4.69, 9.17) is 20.8 Å². The predicted octanol–water partition coefficient (Wildman–Crippen LogP) is 2.73. The van der Waals surface area contributed by atoms with E-state index < -0.39 is 0 Å². The fourth-order valence-corrected chi connectivity index (χ4v) is 2.94. The lowest BCUT2D eigenvalue weighted by atomic mass is 10.0. The third-order valence-electron chi connectivity index (χ3n) is 4.05. The van der Waals surface area contributed by atoms with Crippen molar-refractivity contribution in [2.45, 2.75) is 18.9 Å². The molecule has 0 atom stereocenters. The molecule has 2 aromatic rings. The number of ether oxygens (including phenoxy) is 1. The van der Waals surface area contributed by atoms with E-state index in [1.165, 1.54) is 6.26 Å². The van der Waals surface area contributed by atoms with E-state index in [9.17, 15) is 9.59 Å². The largest absolute Gasteiger partial charge is 0.484 e. The summed E-state index contributed by atoms with van der Waals surface area (Å²) >= 11 is 5.87. The van der Waals surface area contributed by atoms with Gasteiger partial charge in [-0.05, 0) is 43.2 Å². The first-order chi connectivity index (χ1) is 12.1. The zero-order valence-corrected chi connectivity index (χ0v) is 14.4. The summed E-state index contributed by atoms with van der Waals surface area (Å²) in [5, 5.41) is 3.50. The number of hydrogen-bond acceptors (Lipinski definition) is 4. The molecule has 0 saturated carbocycles. The van der Waals surface area contributed by atoms with Gasteiger partial charge in [0.2, 0.25) is 0 Å². The molecule has 1 saturated heterocycles. The van der Waals surface area contributed by atoms with E-state index in [-0.39, 0.29) is 24.5 Å². The monoisotopic (exact) mass is 362 g/mol. The average molecular weight is 363 g/mol. The molecular weight excluding hydrogens is 344 g/mol. The number of piperidine rings is 1. The van der Waals surface area contributed by atoms with Crippen LogP contribution in [0.25, 0.3) is 0 Å². The van der Waals surface area contributed by atoms with Gasteiger partial charge < -0.3 is 19.4 Å². The second kappa shape index (κ2) is 8.07. The number of carbonyl (C=O) groups excluding carboxylic acids is 2. The van der Waals surface area contributed by atoms with Crippen molar-refractivity contribution >= 4 is 23.4 Å². The Morgan fingerprint density at radius 3 is 2.72 bits per heavy atom. The maximum absolute atomic E-state index is 12.2. The average Bonchev–Trinajstić information content (AvgIpc) is 3.15. The highest BCUT2D eigenvalue weighted by Crippen LogP contribution is 2.17. The highest BCUT2D eigenvalue weighted by molar-refractivity contribution is 6.30. The molecule has 1 aromatic heterocycles. The van der Waals surface area contributed by atoms with Gasteiger partial charge in [0.15, 0.2) is 12.4 Å². The number of likely N-dealkylation sites (tertiary alicyclic amines) is 1. The lowest BCUT2D eigenvalue weighted by Gasteiger charge is -2.31. The first-order valence-corrected chi connectivity index (χ1v) is 8.50. The number of amides is 2. The van der Waals surface area contributed by atoms with Gasteiger partial charge in [0.05, 0.1) is 6.26 Å². The van der Waals surface area contributed by atoms with Crippen molar-refractivity contribution in [1.82, 2.24) is 10.2 Å². The number of furan rings is 1. The minimum atomic E-state index is -0.184. The molecule has 0 aliphatic carbocycles. The number of hydrogen-bond donors (Lipinski definition) is 1. The molecule has 2 amide bonds. The lowest BCUT2D eigenvalue weighted by molar-refractivity contribution is -0.124. The summed E-state index contributed by atoms with van der Waals surface area (Å²) in [7, 11) is 0. The van der Waals surface area contributed by atoms with Crippen LogP contribution in [0.5, 0.6) is 5.75 Å². The molecule has 132 valence electrons. The Bertz CT molecular complexity index is 724. The van der Waals surface area contributed by atoms with Gasteiger partial charge in [-0.15, -0.1) is 0 Å². The summed E-state index contributed by atoms with van der Waals surface area (Å²) in [4.78, 5) is 25.9. The minimum Gasteiger partial charge on any atom is -0.484 e. The van der Waals surface area contributed by atoms with Gasteiger partial charge in [-0.2, -0.15) is 0 Å². The summed E-state index contributed by atoms with van der Waals surface area (Å²) < 4.78 is 10.6. The van der Waals surface area contributed by atoms with E-state index in [1.54, 1.807) is 41.3 Å². The normalized spacial score (nSPS) is 15.0. The van der Waals surface area contributed by atoms with Gasteiger partial charge in [0, 0.05) is 24.2 Å². The first-order valence-electron chi connectivity index (χ1n) is 8.12. The van der Waals surface area contributed by atoms with Crippen molar-refractivity contribution in [3.05, 3.63) is 53.4 Å². The van der Waals surface area contributed by atoms with Gasteiger partial charge in [0.25, 0.3) is 11.8 Å². The summed E-state index contributed by atoms with van der Waals surface area (Å²) in [6.07, 6.45) is 2.89. The van der Waals surface area contributed by atoms with Gasteiger partial charge in [-0.1, -0.05) is 17.7 Å². The Kier molecular flexibility index (Phi) is 5.60. The smallest absolute Gasteiger partial charge is 0.289 e. The fraction of sp³-hybridized carbons (Fsp3) is 0.333. The van der Waals surface area contributed by atoms with Crippen LogP contribution in [0.2, 0.25) is 5.02 Å². The molecule has 0 bridgehead atoms. The molecule has 0 unspecified atom stereocenters. The van der Waals surface area contributed by atoms with Gasteiger partial charge in [0.1, 0.15) is 5.75 Å². The van der Waals surface area contributed by atoms with Crippen LogP contribution in [0.3, 0.4) is 0 Å². The molecule has 1 fully saturated rings. The predicted molar refractivity (Wildman–Crippen MR) is 92.7 cm³/mol. The fourth-order valence-electron chi connectivity index (χ4n) is 2.76. The zero-order chi connectivity index (χ0) is 17.6. The zero-order valence-electron chi connectivity index (χ0n) is 13.6. The van der Waals surface area contributed by atoms with Gasteiger partial charge in [-0.25, -0.2) is 0 Å². The SMILES string of the molecule is O=C(COc1cccc(Cl)c1)NC1CCN(C(=O)c2ccco2)CC1. The molecule has 1 aliphatic heterocycles. The van der Waals surface area contributed by atoms with Crippen molar-refractivity contribution in [3.8, 4) is 5.75 Å². The van der Waals surface area contributed by atoms with Crippen LogP contribution in [0, 0.1) is 0 Å². The molecule has 25 heavy (non-hydrogen) atoms. The first kappa shape index (κ1) is 17.4. The number of nitrogens with zero attached hydrogens (tertiary/aromatic N) is 1. The van der Waals surface area contributed by atoms with E-state index in [1.807, 2.05) is 0 Å². The van der Waals surface area contributed by atoms with Crippen LogP contribution < -0.4 is 10.1 Å². The second-order valence-corrected chi connectivity index (χ2v) is 6.29. The number of benzene rings is 1. The number of rotatable bonds is 5. The molecule has 1 aromatic carbocycles. The minimum absolute atomic E-state index is 0.0381. The van der Waals surface area contributed by atoms with Crippen LogP contribution in [-0.2, 0) is 4.79 Å². The number of carbonyl (C=O) groups is 2. The molecule has 7 heteroatoms. The number of halogens is 1. The molecular formula is C18H19ClN2O4. The molecule has 3 rings (SSSR count). The van der Waals surface area contributed by atoms with E-state index in [0.717, 1.165) is 0 Å². The standard InChI is InChI=1S/C18H19ClN2O4/c19-13-3-1-4-15(11-13)25-12-17(22)20-14-6-8-21(9-7-14)18(23)16-5-2-10-24-16/h1-5,10-11,14H,6-9,12H2,(H,20,22). The quantitative estimate of drug-likeness (QED) is 0.887. The Labute approximate surface area is 150 Å². The molecule has 1 N–H and O–H groups in total. The summed E-state index contributed by atoms with van der Waals surface area (Å²) in [5.41, 5.74) is 0. The highest BCUT2D eigenvalue weighted by Gasteiger charge is 2.25. The second-order valence-electron chi connectivity index (χ2n) is 5.86. The van der Waals surface area contributed by atoms with Crippen molar-refractivity contribution in [3.63, 3.8) is 0 Å². The summed E-state index contributed by atoms with van der Waals surface area (Å²) in [5.74, 6) is 0.605. The maximum atomic E-state index is 12.2. The van der Waals surface area contributed by atoms with Crippen molar-refractivity contribution in [1.29, 1.82) is 0 Å². The molecule has 0 radical (unpaired) electrons. The topological polar surface area (TPSA) is 71.8 Å². The Morgan fingerprint density at radius 2 is 2.04 bits per heavy atom. The maximum Gasteiger partial charge on any atom is 0.289 e. The Morgan fingerprint density at radius 1 is 1.24 bits per heavy atom. The molecule has 1 aliphatic rings. The molecule has 2 heterocycles. The van der Waals surface area contributed by atoms with Gasteiger partial charge in [-0.3, -0.25) is 9.59 Å². The van der Waals surface area contributed by atoms with Crippen LogP contribution in [-0.4, -0.2) is 42.5 Å². The van der Waals surface area contributed by atoms with E-state index >= 15 is 0 Å². The van der Waals surface area contributed by atoms with Crippen LogP contribution >= 0.6 is 11.6 Å². The highest BCUT2D eigenvalue weighted by atomic mass is 35.5. The lowest BCUT2D eigenvalue weighted by Crippen LogP contribution is -2.47. The van der Waals surface area contributed by atoms with Crippen molar-refractivity contribution in [2.24, 2.45) is 0 Å². The van der Waals surface area contributed by atoms with Crippen molar-refractivity contribution < 1.29 is 18.7 Å². The number of nitrogens with one attached hydrogen (secondary N) is 1. The van der Waals surface area contributed by atoms with E-state index in [0.29, 0.717) is 42.5 Å². The van der Waals surface area contributed by atoms with Crippen LogP contribution in [0.4, 0.5) is 0 Å². The van der Waals surface area contributed by atoms with Crippen LogP contribution in [0.1, 0.15) is 23.4 Å². The third kappa shape index (κ3) is 4.76. The molecule has 0 spiro atoms. The van der Waals surface area contributed by atoms with E-state index in [2.05, 4.69) is 5.32 Å². The van der Waals surface area contributed by atoms with Gasteiger partial charge >= 0.3 is 0 Å². The Hall–Kier alpha value is -2.47. The third-order valence-corrected chi connectivity index (χ3v) is 4.28. The summed E-state index contributed by atoms with van der Waals surface area (Å²) in [6.45, 7) is 1.10. The Balaban J connectivity index is 1.41.